The normalized spacial score (nSPS) is 14.8. The van der Waals surface area contributed by atoms with Gasteiger partial charge >= 0.3 is 5.97 Å². The molecular weight excluding hydrogens is 274 g/mol. The minimum Gasteiger partial charge on any atom is -0.477 e. The molecule has 22 heavy (non-hydrogen) atoms. The van der Waals surface area contributed by atoms with Gasteiger partial charge in [-0.1, -0.05) is 64.7 Å². The van der Waals surface area contributed by atoms with Crippen LogP contribution in [-0.4, -0.2) is 41.7 Å². The van der Waals surface area contributed by atoms with E-state index in [1.807, 2.05) is 21.0 Å². The second kappa shape index (κ2) is 11.0. The van der Waals surface area contributed by atoms with E-state index in [4.69, 9.17) is 0 Å². The zero-order valence-corrected chi connectivity index (χ0v) is 15.8. The Kier molecular flexibility index (Phi) is 10.8. The van der Waals surface area contributed by atoms with Gasteiger partial charge in [-0.25, -0.2) is 4.79 Å². The van der Waals surface area contributed by atoms with Crippen LogP contribution in [0.5, 0.6) is 0 Å². The Morgan fingerprint density at radius 1 is 0.864 bits per heavy atom. The lowest BCUT2D eigenvalue weighted by atomic mass is 9.90. The zero-order chi connectivity index (χ0) is 17.1. The van der Waals surface area contributed by atoms with Gasteiger partial charge in [0.1, 0.15) is 0 Å². The smallest absolute Gasteiger partial charge is 0.365 e. The Labute approximate surface area is 138 Å². The SMILES string of the molecule is CCCCCCCCCCCCC(C)(C(=O)O)[N+](C)(C)CC. The molecule has 1 unspecified atom stereocenters. The number of nitrogens with zero attached hydrogens (tertiary/aromatic N) is 1. The first-order chi connectivity index (χ1) is 10.3. The lowest BCUT2D eigenvalue weighted by Crippen LogP contribution is -2.62. The highest BCUT2D eigenvalue weighted by Gasteiger charge is 2.46. The minimum absolute atomic E-state index is 0.555. The standard InChI is InChI=1S/C19H39NO2/c1-6-8-9-10-11-12-13-14-15-16-17-19(3,18(21)22)20(4,5)7-2/h6-17H2,1-5H3/p+1. The summed E-state index contributed by atoms with van der Waals surface area (Å²) in [5.74, 6) is -0.657. The molecule has 0 aliphatic heterocycles. The quantitative estimate of drug-likeness (QED) is 0.352. The summed E-state index contributed by atoms with van der Waals surface area (Å²) in [5.41, 5.74) is -0.658. The van der Waals surface area contributed by atoms with Crippen LogP contribution in [0.2, 0.25) is 0 Å². The van der Waals surface area contributed by atoms with E-state index in [1.165, 1.54) is 57.8 Å². The number of unbranched alkanes of at least 4 members (excludes halogenated alkanes) is 9. The van der Waals surface area contributed by atoms with Crippen molar-refractivity contribution in [2.75, 3.05) is 20.6 Å². The van der Waals surface area contributed by atoms with Gasteiger partial charge in [0.05, 0.1) is 20.6 Å². The Hall–Kier alpha value is -0.570. The zero-order valence-electron chi connectivity index (χ0n) is 15.8. The maximum atomic E-state index is 11.7. The van der Waals surface area contributed by atoms with Gasteiger partial charge in [-0.3, -0.25) is 0 Å². The lowest BCUT2D eigenvalue weighted by Gasteiger charge is -2.43. The average molecular weight is 315 g/mol. The molecular formula is C19H40NO2+. The number of likely N-dealkylation sites (N-methyl/N-ethyl adjacent to an activating group) is 1. The fraction of sp³-hybridized carbons (Fsp3) is 0.947. The molecule has 132 valence electrons. The number of hydrogen-bond donors (Lipinski definition) is 1. The van der Waals surface area contributed by atoms with Crippen molar-refractivity contribution < 1.29 is 14.4 Å². The van der Waals surface area contributed by atoms with Crippen LogP contribution in [0, 0.1) is 0 Å². The second-order valence-corrected chi connectivity index (χ2v) is 7.51. The van der Waals surface area contributed by atoms with Gasteiger partial charge < -0.3 is 9.59 Å². The van der Waals surface area contributed by atoms with Crippen LogP contribution in [0.25, 0.3) is 0 Å². The monoisotopic (exact) mass is 314 g/mol. The summed E-state index contributed by atoms with van der Waals surface area (Å²) in [7, 11) is 4.06. The van der Waals surface area contributed by atoms with Crippen LogP contribution in [0.4, 0.5) is 0 Å². The Morgan fingerprint density at radius 2 is 1.27 bits per heavy atom. The van der Waals surface area contributed by atoms with E-state index in [0.717, 1.165) is 19.4 Å². The fourth-order valence-electron chi connectivity index (χ4n) is 2.97. The molecule has 0 fully saturated rings. The van der Waals surface area contributed by atoms with E-state index in [2.05, 4.69) is 13.8 Å². The number of rotatable bonds is 14. The van der Waals surface area contributed by atoms with E-state index in [-0.39, 0.29) is 0 Å². The largest absolute Gasteiger partial charge is 0.477 e. The third-order valence-electron chi connectivity index (χ3n) is 5.60. The lowest BCUT2D eigenvalue weighted by molar-refractivity contribution is -0.929. The molecule has 0 aliphatic rings. The summed E-state index contributed by atoms with van der Waals surface area (Å²) >= 11 is 0. The van der Waals surface area contributed by atoms with E-state index in [9.17, 15) is 9.90 Å². The number of carboxylic acid groups (broad SMARTS) is 1. The third-order valence-corrected chi connectivity index (χ3v) is 5.60. The van der Waals surface area contributed by atoms with E-state index >= 15 is 0 Å². The van der Waals surface area contributed by atoms with Crippen molar-refractivity contribution in [3.8, 4) is 0 Å². The van der Waals surface area contributed by atoms with Crippen LogP contribution < -0.4 is 0 Å². The molecule has 0 aromatic carbocycles. The van der Waals surface area contributed by atoms with Crippen LogP contribution in [0.3, 0.4) is 0 Å². The number of quaternary nitrogens is 1. The highest BCUT2D eigenvalue weighted by atomic mass is 16.4. The maximum Gasteiger partial charge on any atom is 0.365 e. The van der Waals surface area contributed by atoms with Crippen molar-refractivity contribution in [1.82, 2.24) is 0 Å². The summed E-state index contributed by atoms with van der Waals surface area (Å²) in [4.78, 5) is 11.7. The van der Waals surface area contributed by atoms with Crippen LogP contribution in [0.1, 0.15) is 91.4 Å². The van der Waals surface area contributed by atoms with Crippen molar-refractivity contribution in [2.24, 2.45) is 0 Å². The minimum atomic E-state index is -0.658. The molecule has 0 saturated carbocycles. The summed E-state index contributed by atoms with van der Waals surface area (Å²) in [6.45, 7) is 7.08. The Bertz CT molecular complexity index is 302. The molecule has 3 nitrogen and oxygen atoms in total. The Balaban J connectivity index is 3.86. The molecule has 3 heteroatoms. The highest BCUT2D eigenvalue weighted by Crippen LogP contribution is 2.27. The molecule has 0 rings (SSSR count). The molecule has 0 spiro atoms. The molecule has 0 bridgehead atoms. The van der Waals surface area contributed by atoms with Gasteiger partial charge in [-0.05, 0) is 13.3 Å². The summed E-state index contributed by atoms with van der Waals surface area (Å²) < 4.78 is 0.555. The van der Waals surface area contributed by atoms with Crippen molar-refractivity contribution in [3.05, 3.63) is 0 Å². The summed E-state index contributed by atoms with van der Waals surface area (Å²) in [5, 5.41) is 9.63. The van der Waals surface area contributed by atoms with Gasteiger partial charge in [-0.15, -0.1) is 0 Å². The van der Waals surface area contributed by atoms with Gasteiger partial charge in [-0.2, -0.15) is 0 Å². The molecule has 0 aromatic rings. The van der Waals surface area contributed by atoms with E-state index < -0.39 is 11.5 Å². The average Bonchev–Trinajstić information content (AvgIpc) is 2.48. The second-order valence-electron chi connectivity index (χ2n) is 7.51. The van der Waals surface area contributed by atoms with Crippen molar-refractivity contribution in [2.45, 2.75) is 96.9 Å². The third kappa shape index (κ3) is 7.13. The number of carboxylic acids is 1. The molecule has 1 N–H and O–H groups in total. The van der Waals surface area contributed by atoms with Crippen molar-refractivity contribution in [3.63, 3.8) is 0 Å². The van der Waals surface area contributed by atoms with Gasteiger partial charge in [0.2, 0.25) is 0 Å². The molecule has 0 aromatic heterocycles. The fourth-order valence-corrected chi connectivity index (χ4v) is 2.97. The van der Waals surface area contributed by atoms with E-state index in [1.54, 1.807) is 0 Å². The first kappa shape index (κ1) is 21.4. The van der Waals surface area contributed by atoms with Crippen LogP contribution >= 0.6 is 0 Å². The first-order valence-corrected chi connectivity index (χ1v) is 9.38. The molecule has 1 atom stereocenters. The molecule has 0 aliphatic carbocycles. The first-order valence-electron chi connectivity index (χ1n) is 9.38. The highest BCUT2D eigenvalue weighted by molar-refractivity contribution is 5.76. The van der Waals surface area contributed by atoms with Crippen LogP contribution in [-0.2, 0) is 4.79 Å². The van der Waals surface area contributed by atoms with Crippen LogP contribution in [0.15, 0.2) is 0 Å². The predicted octanol–water partition coefficient (Wildman–Crippen LogP) is 5.24. The van der Waals surface area contributed by atoms with Gasteiger partial charge in [0.25, 0.3) is 0 Å². The summed E-state index contributed by atoms with van der Waals surface area (Å²) in [6, 6.07) is 0. The number of carbonyl (C=O) groups is 1. The Morgan fingerprint density at radius 3 is 1.64 bits per heavy atom. The number of aliphatic carboxylic acids is 1. The number of hydrogen-bond acceptors (Lipinski definition) is 1. The van der Waals surface area contributed by atoms with Crippen molar-refractivity contribution in [1.29, 1.82) is 0 Å². The summed E-state index contributed by atoms with van der Waals surface area (Å²) in [6.07, 6.45) is 13.7. The molecule has 0 amide bonds. The van der Waals surface area contributed by atoms with E-state index in [0.29, 0.717) is 4.48 Å². The van der Waals surface area contributed by atoms with Crippen molar-refractivity contribution >= 4 is 5.97 Å². The maximum absolute atomic E-state index is 11.7. The van der Waals surface area contributed by atoms with Gasteiger partial charge in [0, 0.05) is 13.3 Å². The molecule has 0 saturated heterocycles. The topological polar surface area (TPSA) is 37.3 Å². The predicted molar refractivity (Wildman–Crippen MR) is 95.2 cm³/mol. The molecule has 0 radical (unpaired) electrons. The molecule has 0 heterocycles. The van der Waals surface area contributed by atoms with Gasteiger partial charge in [0.15, 0.2) is 5.54 Å².